The van der Waals surface area contributed by atoms with Crippen LogP contribution in [-0.4, -0.2) is 37.1 Å². The van der Waals surface area contributed by atoms with Crippen molar-refractivity contribution in [1.29, 1.82) is 0 Å². The number of ether oxygens (including phenoxy) is 1. The van der Waals surface area contributed by atoms with Crippen LogP contribution in [0.15, 0.2) is 24.3 Å². The standard InChI is InChI=1S/C16H24N2O2/c1-12-3-5-13(6-4-12)11-18(2)16(19)15(17)14-7-9-20-10-8-14/h3-6,14-15H,7-11,17H2,1-2H3. The Labute approximate surface area is 120 Å². The Bertz CT molecular complexity index is 438. The average Bonchev–Trinajstić information content (AvgIpc) is 2.49. The highest BCUT2D eigenvalue weighted by Gasteiger charge is 2.28. The zero-order valence-electron chi connectivity index (χ0n) is 12.3. The summed E-state index contributed by atoms with van der Waals surface area (Å²) in [6, 6.07) is 7.82. The van der Waals surface area contributed by atoms with Gasteiger partial charge in [-0.3, -0.25) is 4.79 Å². The number of aryl methyl sites for hydroxylation is 1. The molecule has 4 nitrogen and oxygen atoms in total. The predicted molar refractivity (Wildman–Crippen MR) is 79.2 cm³/mol. The monoisotopic (exact) mass is 276 g/mol. The predicted octanol–water partition coefficient (Wildman–Crippen LogP) is 1.71. The lowest BCUT2D eigenvalue weighted by atomic mass is 9.91. The van der Waals surface area contributed by atoms with Crippen LogP contribution in [0, 0.1) is 12.8 Å². The number of hydrogen-bond acceptors (Lipinski definition) is 3. The first-order valence-electron chi connectivity index (χ1n) is 7.22. The van der Waals surface area contributed by atoms with Gasteiger partial charge in [0, 0.05) is 26.8 Å². The summed E-state index contributed by atoms with van der Waals surface area (Å²) < 4.78 is 5.32. The first kappa shape index (κ1) is 15.0. The minimum absolute atomic E-state index is 0.0254. The van der Waals surface area contributed by atoms with Crippen LogP contribution in [0.1, 0.15) is 24.0 Å². The van der Waals surface area contributed by atoms with Crippen molar-refractivity contribution in [3.05, 3.63) is 35.4 Å². The third-order valence-electron chi connectivity index (χ3n) is 3.98. The zero-order valence-corrected chi connectivity index (χ0v) is 12.3. The molecule has 1 aromatic rings. The second-order valence-electron chi connectivity index (χ2n) is 5.66. The minimum Gasteiger partial charge on any atom is -0.381 e. The minimum atomic E-state index is -0.408. The average molecular weight is 276 g/mol. The van der Waals surface area contributed by atoms with E-state index in [0.29, 0.717) is 19.8 Å². The van der Waals surface area contributed by atoms with Gasteiger partial charge < -0.3 is 15.4 Å². The van der Waals surface area contributed by atoms with Crippen molar-refractivity contribution in [2.45, 2.75) is 32.4 Å². The molecule has 2 rings (SSSR count). The van der Waals surface area contributed by atoms with Crippen LogP contribution >= 0.6 is 0 Å². The van der Waals surface area contributed by atoms with Crippen LogP contribution in [0.5, 0.6) is 0 Å². The highest BCUT2D eigenvalue weighted by Crippen LogP contribution is 2.19. The number of amides is 1. The van der Waals surface area contributed by atoms with Gasteiger partial charge in [-0.2, -0.15) is 0 Å². The van der Waals surface area contributed by atoms with E-state index in [-0.39, 0.29) is 11.8 Å². The molecule has 1 amide bonds. The van der Waals surface area contributed by atoms with Gasteiger partial charge in [0.25, 0.3) is 0 Å². The van der Waals surface area contributed by atoms with Crippen LogP contribution in [0.2, 0.25) is 0 Å². The number of likely N-dealkylation sites (N-methyl/N-ethyl adjacent to an activating group) is 1. The quantitative estimate of drug-likeness (QED) is 0.911. The summed E-state index contributed by atoms with van der Waals surface area (Å²) in [5.41, 5.74) is 8.48. The number of benzene rings is 1. The molecule has 2 N–H and O–H groups in total. The molecule has 1 fully saturated rings. The topological polar surface area (TPSA) is 55.6 Å². The molecular weight excluding hydrogens is 252 g/mol. The zero-order chi connectivity index (χ0) is 14.5. The fourth-order valence-electron chi connectivity index (χ4n) is 2.58. The van der Waals surface area contributed by atoms with E-state index in [4.69, 9.17) is 10.5 Å². The van der Waals surface area contributed by atoms with Crippen LogP contribution < -0.4 is 5.73 Å². The van der Waals surface area contributed by atoms with E-state index in [1.54, 1.807) is 4.90 Å². The first-order valence-corrected chi connectivity index (χ1v) is 7.22. The van der Waals surface area contributed by atoms with E-state index in [2.05, 4.69) is 31.2 Å². The number of nitrogens with two attached hydrogens (primary N) is 1. The maximum Gasteiger partial charge on any atom is 0.239 e. The molecule has 0 aliphatic carbocycles. The molecule has 1 unspecified atom stereocenters. The van der Waals surface area contributed by atoms with Crippen LogP contribution in [-0.2, 0) is 16.1 Å². The van der Waals surface area contributed by atoms with Crippen molar-refractivity contribution in [2.75, 3.05) is 20.3 Å². The molecule has 0 spiro atoms. The van der Waals surface area contributed by atoms with Gasteiger partial charge in [-0.1, -0.05) is 29.8 Å². The molecule has 4 heteroatoms. The molecule has 0 aromatic heterocycles. The lowest BCUT2D eigenvalue weighted by Gasteiger charge is -2.29. The fraction of sp³-hybridized carbons (Fsp3) is 0.562. The molecule has 0 bridgehead atoms. The van der Waals surface area contributed by atoms with Gasteiger partial charge in [0.2, 0.25) is 5.91 Å². The SMILES string of the molecule is Cc1ccc(CN(C)C(=O)C(N)C2CCOCC2)cc1. The molecule has 1 atom stereocenters. The smallest absolute Gasteiger partial charge is 0.239 e. The van der Waals surface area contributed by atoms with Gasteiger partial charge in [-0.05, 0) is 31.2 Å². The molecule has 20 heavy (non-hydrogen) atoms. The second-order valence-corrected chi connectivity index (χ2v) is 5.66. The largest absolute Gasteiger partial charge is 0.381 e. The van der Waals surface area contributed by atoms with Gasteiger partial charge >= 0.3 is 0 Å². The summed E-state index contributed by atoms with van der Waals surface area (Å²) >= 11 is 0. The second kappa shape index (κ2) is 6.86. The van der Waals surface area contributed by atoms with Crippen LogP contribution in [0.3, 0.4) is 0 Å². The number of carbonyl (C=O) groups excluding carboxylic acids is 1. The molecule has 1 aromatic carbocycles. The molecule has 0 saturated carbocycles. The Hall–Kier alpha value is -1.39. The molecule has 1 aliphatic rings. The van der Waals surface area contributed by atoms with E-state index < -0.39 is 6.04 Å². The number of rotatable bonds is 4. The maximum absolute atomic E-state index is 12.4. The van der Waals surface area contributed by atoms with E-state index >= 15 is 0 Å². The Morgan fingerprint density at radius 2 is 1.95 bits per heavy atom. The summed E-state index contributed by atoms with van der Waals surface area (Å²) in [5, 5.41) is 0. The third-order valence-corrected chi connectivity index (χ3v) is 3.98. The van der Waals surface area contributed by atoms with E-state index in [1.807, 2.05) is 7.05 Å². The van der Waals surface area contributed by atoms with Crippen molar-refractivity contribution in [1.82, 2.24) is 4.90 Å². The third kappa shape index (κ3) is 3.81. The highest BCUT2D eigenvalue weighted by atomic mass is 16.5. The maximum atomic E-state index is 12.4. The van der Waals surface area contributed by atoms with E-state index in [0.717, 1.165) is 18.4 Å². The lowest BCUT2D eigenvalue weighted by Crippen LogP contribution is -2.47. The summed E-state index contributed by atoms with van der Waals surface area (Å²) in [6.45, 7) is 4.09. The van der Waals surface area contributed by atoms with Crippen molar-refractivity contribution < 1.29 is 9.53 Å². The lowest BCUT2D eigenvalue weighted by molar-refractivity contribution is -0.133. The Morgan fingerprint density at radius 3 is 2.55 bits per heavy atom. The molecule has 0 radical (unpaired) electrons. The number of nitrogens with zero attached hydrogens (tertiary/aromatic N) is 1. The molecule has 110 valence electrons. The highest BCUT2D eigenvalue weighted by molar-refractivity contribution is 5.81. The fourth-order valence-corrected chi connectivity index (χ4v) is 2.58. The van der Waals surface area contributed by atoms with Crippen molar-refractivity contribution in [3.63, 3.8) is 0 Å². The number of hydrogen-bond donors (Lipinski definition) is 1. The van der Waals surface area contributed by atoms with Crippen LogP contribution in [0.4, 0.5) is 0 Å². The van der Waals surface area contributed by atoms with Gasteiger partial charge in [0.15, 0.2) is 0 Å². The van der Waals surface area contributed by atoms with E-state index in [9.17, 15) is 4.79 Å². The van der Waals surface area contributed by atoms with Gasteiger partial charge in [-0.15, -0.1) is 0 Å². The Balaban J connectivity index is 1.92. The van der Waals surface area contributed by atoms with Crippen molar-refractivity contribution >= 4 is 5.91 Å². The van der Waals surface area contributed by atoms with Gasteiger partial charge in [0.05, 0.1) is 6.04 Å². The molecule has 1 heterocycles. The number of carbonyl (C=O) groups is 1. The summed E-state index contributed by atoms with van der Waals surface area (Å²) in [7, 11) is 1.82. The summed E-state index contributed by atoms with van der Waals surface area (Å²) in [4.78, 5) is 14.1. The van der Waals surface area contributed by atoms with Crippen molar-refractivity contribution in [2.24, 2.45) is 11.7 Å². The van der Waals surface area contributed by atoms with Gasteiger partial charge in [-0.25, -0.2) is 0 Å². The first-order chi connectivity index (χ1) is 9.58. The summed E-state index contributed by atoms with van der Waals surface area (Å²) in [6.07, 6.45) is 1.76. The normalized spacial score (nSPS) is 17.8. The molecular formula is C16H24N2O2. The van der Waals surface area contributed by atoms with Crippen molar-refractivity contribution in [3.8, 4) is 0 Å². The van der Waals surface area contributed by atoms with Gasteiger partial charge in [0.1, 0.15) is 0 Å². The molecule has 1 saturated heterocycles. The Morgan fingerprint density at radius 1 is 1.35 bits per heavy atom. The molecule has 1 aliphatic heterocycles. The van der Waals surface area contributed by atoms with Crippen LogP contribution in [0.25, 0.3) is 0 Å². The summed E-state index contributed by atoms with van der Waals surface area (Å²) in [5.74, 6) is 0.272. The van der Waals surface area contributed by atoms with E-state index in [1.165, 1.54) is 5.56 Å². The Kier molecular flexibility index (Phi) is 5.15.